The zero-order valence-corrected chi connectivity index (χ0v) is 8.34. The third kappa shape index (κ3) is 2.04. The second kappa shape index (κ2) is 3.69. The molecule has 0 aromatic carbocycles. The molecule has 0 saturated carbocycles. The molecule has 2 atom stereocenters. The molecular formula is C8H13N3OS. The topological polar surface area (TPSA) is 58.0 Å². The first-order chi connectivity index (χ1) is 6.25. The Morgan fingerprint density at radius 3 is 2.92 bits per heavy atom. The lowest BCUT2D eigenvalue weighted by molar-refractivity contribution is 0.147. The monoisotopic (exact) mass is 199 g/mol. The van der Waals surface area contributed by atoms with Gasteiger partial charge >= 0.3 is 0 Å². The molecule has 1 aromatic heterocycles. The number of β-amino-alcohol motifs (C(OH)–C–C–N with tert-alkyl or cyclic N) is 1. The first-order valence-corrected chi connectivity index (χ1v) is 5.25. The molecule has 2 heterocycles. The molecule has 0 bridgehead atoms. The molecule has 13 heavy (non-hydrogen) atoms. The summed E-state index contributed by atoms with van der Waals surface area (Å²) in [6, 6.07) is 0. The van der Waals surface area contributed by atoms with E-state index in [0.717, 1.165) is 23.0 Å². The highest BCUT2D eigenvalue weighted by atomic mass is 32.1. The van der Waals surface area contributed by atoms with Crippen LogP contribution in [0.1, 0.15) is 10.0 Å². The van der Waals surface area contributed by atoms with Gasteiger partial charge < -0.3 is 10.4 Å². The van der Waals surface area contributed by atoms with Gasteiger partial charge in [0.05, 0.1) is 6.10 Å². The van der Waals surface area contributed by atoms with Gasteiger partial charge in [-0.15, -0.1) is 21.5 Å². The average molecular weight is 199 g/mol. The van der Waals surface area contributed by atoms with E-state index in [-0.39, 0.29) is 6.10 Å². The van der Waals surface area contributed by atoms with E-state index in [1.165, 1.54) is 0 Å². The van der Waals surface area contributed by atoms with E-state index in [1.54, 1.807) is 11.3 Å². The predicted octanol–water partition coefficient (Wildman–Crippen LogP) is -0.0307. The fraction of sp³-hybridized carbons (Fsp3) is 0.750. The SMILES string of the molecule is Cc1nnc(C[C@@H]2CNC[C@H]2O)s1. The summed E-state index contributed by atoms with van der Waals surface area (Å²) in [4.78, 5) is 0. The van der Waals surface area contributed by atoms with E-state index in [0.29, 0.717) is 12.5 Å². The van der Waals surface area contributed by atoms with Crippen LogP contribution in [0.15, 0.2) is 0 Å². The predicted molar refractivity (Wildman–Crippen MR) is 50.7 cm³/mol. The van der Waals surface area contributed by atoms with E-state index in [2.05, 4.69) is 15.5 Å². The maximum absolute atomic E-state index is 9.55. The molecule has 0 spiro atoms. The van der Waals surface area contributed by atoms with Crippen LogP contribution in [0, 0.1) is 12.8 Å². The smallest absolute Gasteiger partial charge is 0.117 e. The van der Waals surface area contributed by atoms with Gasteiger partial charge in [-0.3, -0.25) is 0 Å². The van der Waals surface area contributed by atoms with Gasteiger partial charge in [0.1, 0.15) is 10.0 Å². The van der Waals surface area contributed by atoms with Gasteiger partial charge in [-0.25, -0.2) is 0 Å². The lowest BCUT2D eigenvalue weighted by Gasteiger charge is -2.09. The Morgan fingerprint density at radius 2 is 2.38 bits per heavy atom. The van der Waals surface area contributed by atoms with Gasteiger partial charge in [0, 0.05) is 25.4 Å². The Balaban J connectivity index is 1.97. The third-order valence-corrected chi connectivity index (χ3v) is 3.17. The summed E-state index contributed by atoms with van der Waals surface area (Å²) in [6.07, 6.45) is 0.629. The summed E-state index contributed by atoms with van der Waals surface area (Å²) < 4.78 is 0. The normalized spacial score (nSPS) is 28.2. The highest BCUT2D eigenvalue weighted by Gasteiger charge is 2.25. The van der Waals surface area contributed by atoms with E-state index < -0.39 is 0 Å². The molecule has 2 rings (SSSR count). The summed E-state index contributed by atoms with van der Waals surface area (Å²) in [5, 5.41) is 22.7. The van der Waals surface area contributed by atoms with Crippen LogP contribution in [-0.2, 0) is 6.42 Å². The molecule has 0 radical (unpaired) electrons. The van der Waals surface area contributed by atoms with Crippen LogP contribution < -0.4 is 5.32 Å². The Hall–Kier alpha value is -0.520. The van der Waals surface area contributed by atoms with Crippen molar-refractivity contribution in [2.24, 2.45) is 5.92 Å². The maximum atomic E-state index is 9.55. The summed E-state index contributed by atoms with van der Waals surface area (Å²) in [5.74, 6) is 0.312. The van der Waals surface area contributed by atoms with Crippen molar-refractivity contribution >= 4 is 11.3 Å². The molecule has 1 fully saturated rings. The fourth-order valence-corrected chi connectivity index (χ4v) is 2.37. The summed E-state index contributed by atoms with van der Waals surface area (Å²) in [6.45, 7) is 3.55. The molecule has 1 aliphatic rings. The van der Waals surface area contributed by atoms with Gasteiger partial charge in [-0.05, 0) is 6.92 Å². The van der Waals surface area contributed by atoms with Crippen molar-refractivity contribution in [2.75, 3.05) is 13.1 Å². The number of nitrogens with zero attached hydrogens (tertiary/aromatic N) is 2. The number of rotatable bonds is 2. The molecule has 0 amide bonds. The number of hydrogen-bond donors (Lipinski definition) is 2. The average Bonchev–Trinajstić information content (AvgIpc) is 2.64. The van der Waals surface area contributed by atoms with Gasteiger partial charge in [-0.2, -0.15) is 0 Å². The molecule has 5 heteroatoms. The Morgan fingerprint density at radius 1 is 1.54 bits per heavy atom. The van der Waals surface area contributed by atoms with Crippen molar-refractivity contribution in [3.05, 3.63) is 10.0 Å². The number of aromatic nitrogens is 2. The number of aliphatic hydroxyl groups excluding tert-OH is 1. The van der Waals surface area contributed by atoms with Crippen molar-refractivity contribution in [1.82, 2.24) is 15.5 Å². The molecule has 72 valence electrons. The lowest BCUT2D eigenvalue weighted by Crippen LogP contribution is -2.19. The summed E-state index contributed by atoms with van der Waals surface area (Å²) >= 11 is 1.62. The van der Waals surface area contributed by atoms with Crippen LogP contribution in [-0.4, -0.2) is 34.5 Å². The van der Waals surface area contributed by atoms with E-state index in [4.69, 9.17) is 0 Å². The number of hydrogen-bond acceptors (Lipinski definition) is 5. The zero-order chi connectivity index (χ0) is 9.26. The van der Waals surface area contributed by atoms with Gasteiger partial charge in [-0.1, -0.05) is 0 Å². The molecule has 2 N–H and O–H groups in total. The minimum Gasteiger partial charge on any atom is -0.391 e. The third-order valence-electron chi connectivity index (χ3n) is 2.31. The summed E-state index contributed by atoms with van der Waals surface area (Å²) in [5.41, 5.74) is 0. The number of aryl methyl sites for hydroxylation is 1. The second-order valence-electron chi connectivity index (χ2n) is 3.40. The van der Waals surface area contributed by atoms with Crippen LogP contribution in [0.5, 0.6) is 0 Å². The first-order valence-electron chi connectivity index (χ1n) is 4.43. The molecule has 0 aliphatic carbocycles. The standard InChI is InChI=1S/C8H13N3OS/c1-5-10-11-8(13-5)2-6-3-9-4-7(6)12/h6-7,9,12H,2-4H2,1H3/t6-,7-/m1/s1. The van der Waals surface area contributed by atoms with Crippen molar-refractivity contribution in [2.45, 2.75) is 19.4 Å². The minimum absolute atomic E-state index is 0.218. The van der Waals surface area contributed by atoms with Crippen molar-refractivity contribution in [3.8, 4) is 0 Å². The van der Waals surface area contributed by atoms with Gasteiger partial charge in [0.15, 0.2) is 0 Å². The van der Waals surface area contributed by atoms with Gasteiger partial charge in [0.25, 0.3) is 0 Å². The van der Waals surface area contributed by atoms with E-state index >= 15 is 0 Å². The zero-order valence-electron chi connectivity index (χ0n) is 7.53. The maximum Gasteiger partial charge on any atom is 0.117 e. The highest BCUT2D eigenvalue weighted by Crippen LogP contribution is 2.18. The first kappa shape index (κ1) is 9.05. The minimum atomic E-state index is -0.218. The molecule has 1 saturated heterocycles. The van der Waals surface area contributed by atoms with Crippen molar-refractivity contribution in [3.63, 3.8) is 0 Å². The van der Waals surface area contributed by atoms with Crippen molar-refractivity contribution in [1.29, 1.82) is 0 Å². The number of aliphatic hydroxyl groups is 1. The molecule has 0 unspecified atom stereocenters. The lowest BCUT2D eigenvalue weighted by atomic mass is 10.0. The second-order valence-corrected chi connectivity index (χ2v) is 4.67. The Kier molecular flexibility index (Phi) is 2.57. The quantitative estimate of drug-likeness (QED) is 0.702. The highest BCUT2D eigenvalue weighted by molar-refractivity contribution is 7.11. The van der Waals surface area contributed by atoms with Crippen LogP contribution in [0.4, 0.5) is 0 Å². The number of nitrogens with one attached hydrogen (secondary N) is 1. The molecular weight excluding hydrogens is 186 g/mol. The van der Waals surface area contributed by atoms with Crippen LogP contribution in [0.2, 0.25) is 0 Å². The van der Waals surface area contributed by atoms with Crippen molar-refractivity contribution < 1.29 is 5.11 Å². The Labute approximate surface area is 81.0 Å². The molecule has 1 aliphatic heterocycles. The van der Waals surface area contributed by atoms with Crippen LogP contribution in [0.3, 0.4) is 0 Å². The summed E-state index contributed by atoms with van der Waals surface area (Å²) in [7, 11) is 0. The molecule has 1 aromatic rings. The largest absolute Gasteiger partial charge is 0.391 e. The van der Waals surface area contributed by atoms with E-state index in [1.807, 2.05) is 6.92 Å². The van der Waals surface area contributed by atoms with Crippen LogP contribution in [0.25, 0.3) is 0 Å². The Bertz CT molecular complexity index is 289. The van der Waals surface area contributed by atoms with E-state index in [9.17, 15) is 5.11 Å². The fourth-order valence-electron chi connectivity index (χ4n) is 1.57. The van der Waals surface area contributed by atoms with Gasteiger partial charge in [0.2, 0.25) is 0 Å². The molecule has 4 nitrogen and oxygen atoms in total. The van der Waals surface area contributed by atoms with Crippen LogP contribution >= 0.6 is 11.3 Å².